The van der Waals surface area contributed by atoms with E-state index in [9.17, 15) is 4.79 Å². The van der Waals surface area contributed by atoms with Gasteiger partial charge in [0.2, 0.25) is 0 Å². The monoisotopic (exact) mass is 257 g/mol. The molecule has 0 radical (unpaired) electrons. The SMILES string of the molecule is COC(=O)c1nc(-c2ccccc2)n2nnn(C)c12. The summed E-state index contributed by atoms with van der Waals surface area (Å²) in [5.41, 5.74) is 1.56. The third-order valence-corrected chi connectivity index (χ3v) is 2.81. The first-order chi connectivity index (χ1) is 9.22. The van der Waals surface area contributed by atoms with E-state index in [-0.39, 0.29) is 5.69 Å². The highest BCUT2D eigenvalue weighted by atomic mass is 16.5. The Morgan fingerprint density at radius 3 is 2.63 bits per heavy atom. The Hall–Kier alpha value is -2.70. The van der Waals surface area contributed by atoms with Crippen molar-refractivity contribution < 1.29 is 9.53 Å². The third kappa shape index (κ3) is 1.67. The van der Waals surface area contributed by atoms with Crippen molar-refractivity contribution in [2.75, 3.05) is 7.11 Å². The van der Waals surface area contributed by atoms with Gasteiger partial charge in [-0.3, -0.25) is 0 Å². The molecule has 0 aliphatic heterocycles. The largest absolute Gasteiger partial charge is 0.464 e. The van der Waals surface area contributed by atoms with E-state index in [0.29, 0.717) is 11.5 Å². The van der Waals surface area contributed by atoms with Gasteiger partial charge in [0.05, 0.1) is 7.11 Å². The summed E-state index contributed by atoms with van der Waals surface area (Å²) in [7, 11) is 3.02. The number of methoxy groups -OCH3 is 1. The number of carbonyl (C=O) groups excluding carboxylic acids is 1. The minimum Gasteiger partial charge on any atom is -0.464 e. The Morgan fingerprint density at radius 1 is 1.21 bits per heavy atom. The second kappa shape index (κ2) is 4.20. The molecule has 0 saturated carbocycles. The average molecular weight is 257 g/mol. The molecule has 0 spiro atoms. The summed E-state index contributed by atoms with van der Waals surface area (Å²) < 4.78 is 7.76. The molecule has 1 aromatic carbocycles. The van der Waals surface area contributed by atoms with Gasteiger partial charge in [-0.1, -0.05) is 30.3 Å². The molecular formula is C12H11N5O2. The van der Waals surface area contributed by atoms with Crippen LogP contribution in [0.4, 0.5) is 0 Å². The number of carbonyl (C=O) groups is 1. The van der Waals surface area contributed by atoms with E-state index in [1.165, 1.54) is 16.3 Å². The van der Waals surface area contributed by atoms with Crippen molar-refractivity contribution in [1.82, 2.24) is 24.6 Å². The van der Waals surface area contributed by atoms with Crippen LogP contribution < -0.4 is 0 Å². The summed E-state index contributed by atoms with van der Waals surface area (Å²) in [4.78, 5) is 16.1. The zero-order valence-corrected chi connectivity index (χ0v) is 10.4. The molecule has 0 atom stereocenters. The maximum atomic E-state index is 11.8. The zero-order chi connectivity index (χ0) is 13.4. The Bertz CT molecular complexity index is 744. The molecule has 2 aromatic heterocycles. The number of nitrogens with zero attached hydrogens (tertiary/aromatic N) is 5. The van der Waals surface area contributed by atoms with Gasteiger partial charge in [0, 0.05) is 12.6 Å². The molecule has 96 valence electrons. The molecule has 3 rings (SSSR count). The second-order valence-electron chi connectivity index (χ2n) is 3.98. The lowest BCUT2D eigenvalue weighted by Gasteiger charge is -1.95. The number of tetrazole rings is 1. The summed E-state index contributed by atoms with van der Waals surface area (Å²) in [6.45, 7) is 0. The normalized spacial score (nSPS) is 10.8. The molecule has 0 N–H and O–H groups in total. The molecule has 0 aliphatic carbocycles. The quantitative estimate of drug-likeness (QED) is 0.638. The lowest BCUT2D eigenvalue weighted by Crippen LogP contribution is -2.05. The van der Waals surface area contributed by atoms with Crippen molar-refractivity contribution in [3.63, 3.8) is 0 Å². The Balaban J connectivity index is 2.30. The van der Waals surface area contributed by atoms with Gasteiger partial charge < -0.3 is 4.74 Å². The van der Waals surface area contributed by atoms with Gasteiger partial charge in [-0.05, 0) is 10.4 Å². The summed E-state index contributed by atoms with van der Waals surface area (Å²) in [6.07, 6.45) is 0. The molecule has 7 heteroatoms. The van der Waals surface area contributed by atoms with Crippen molar-refractivity contribution in [2.45, 2.75) is 0 Å². The maximum absolute atomic E-state index is 11.8. The van der Waals surface area contributed by atoms with Gasteiger partial charge in [-0.25, -0.2) is 14.5 Å². The Morgan fingerprint density at radius 2 is 1.95 bits per heavy atom. The zero-order valence-electron chi connectivity index (χ0n) is 10.4. The highest BCUT2D eigenvalue weighted by Crippen LogP contribution is 2.21. The van der Waals surface area contributed by atoms with Crippen molar-refractivity contribution >= 4 is 11.6 Å². The van der Waals surface area contributed by atoms with Crippen LogP contribution in [-0.2, 0) is 11.8 Å². The van der Waals surface area contributed by atoms with E-state index >= 15 is 0 Å². The van der Waals surface area contributed by atoms with Crippen LogP contribution >= 0.6 is 0 Å². The molecule has 7 nitrogen and oxygen atoms in total. The summed E-state index contributed by atoms with van der Waals surface area (Å²) in [5.74, 6) is 0.0502. The number of aromatic nitrogens is 5. The van der Waals surface area contributed by atoms with Gasteiger partial charge in [-0.15, -0.1) is 0 Å². The maximum Gasteiger partial charge on any atom is 0.360 e. The number of imidazole rings is 1. The molecule has 0 aliphatic rings. The number of benzene rings is 1. The van der Waals surface area contributed by atoms with Crippen LogP contribution in [0.25, 0.3) is 17.0 Å². The molecule has 19 heavy (non-hydrogen) atoms. The highest BCUT2D eigenvalue weighted by molar-refractivity contribution is 5.94. The van der Waals surface area contributed by atoms with E-state index in [2.05, 4.69) is 15.4 Å². The molecular weight excluding hydrogens is 246 g/mol. The number of fused-ring (bicyclic) bond motifs is 1. The van der Waals surface area contributed by atoms with Crippen molar-refractivity contribution in [3.8, 4) is 11.4 Å². The number of hydrogen-bond donors (Lipinski definition) is 0. The number of esters is 1. The third-order valence-electron chi connectivity index (χ3n) is 2.81. The molecule has 2 heterocycles. The lowest BCUT2D eigenvalue weighted by atomic mass is 10.2. The van der Waals surface area contributed by atoms with Crippen LogP contribution in [-0.4, -0.2) is 37.7 Å². The van der Waals surface area contributed by atoms with Crippen molar-refractivity contribution in [2.24, 2.45) is 7.05 Å². The summed E-state index contributed by atoms with van der Waals surface area (Å²) in [6, 6.07) is 9.48. The predicted molar refractivity (Wildman–Crippen MR) is 66.5 cm³/mol. The van der Waals surface area contributed by atoms with Crippen LogP contribution in [0, 0.1) is 0 Å². The molecule has 3 aromatic rings. The molecule has 0 bridgehead atoms. The molecule has 0 saturated heterocycles. The molecule has 0 amide bonds. The molecule has 0 unspecified atom stereocenters. The average Bonchev–Trinajstić information content (AvgIpc) is 3.00. The Kier molecular flexibility index (Phi) is 2.52. The molecule has 0 fully saturated rings. The second-order valence-corrected chi connectivity index (χ2v) is 3.98. The van der Waals surface area contributed by atoms with Crippen molar-refractivity contribution in [3.05, 3.63) is 36.0 Å². The fourth-order valence-corrected chi connectivity index (χ4v) is 1.93. The van der Waals surface area contributed by atoms with Gasteiger partial charge in [0.25, 0.3) is 0 Å². The van der Waals surface area contributed by atoms with Crippen LogP contribution in [0.2, 0.25) is 0 Å². The highest BCUT2D eigenvalue weighted by Gasteiger charge is 2.23. The summed E-state index contributed by atoms with van der Waals surface area (Å²) in [5, 5.41) is 7.89. The lowest BCUT2D eigenvalue weighted by molar-refractivity contribution is 0.0596. The van der Waals surface area contributed by atoms with Gasteiger partial charge >= 0.3 is 5.97 Å². The van der Waals surface area contributed by atoms with Crippen molar-refractivity contribution in [1.29, 1.82) is 0 Å². The Labute approximate surface area is 108 Å². The fourth-order valence-electron chi connectivity index (χ4n) is 1.93. The first-order valence-corrected chi connectivity index (χ1v) is 5.64. The summed E-state index contributed by atoms with van der Waals surface area (Å²) >= 11 is 0. The van der Waals surface area contributed by atoms with Crippen LogP contribution in [0.3, 0.4) is 0 Å². The van der Waals surface area contributed by atoms with E-state index in [0.717, 1.165) is 5.56 Å². The number of ether oxygens (including phenoxy) is 1. The van der Waals surface area contributed by atoms with Crippen LogP contribution in [0.15, 0.2) is 30.3 Å². The van der Waals surface area contributed by atoms with Gasteiger partial charge in [0.1, 0.15) is 0 Å². The first kappa shape index (κ1) is 11.4. The number of hydrogen-bond acceptors (Lipinski definition) is 5. The fraction of sp³-hybridized carbons (Fsp3) is 0.167. The predicted octanol–water partition coefficient (Wildman–Crippen LogP) is 0.916. The van der Waals surface area contributed by atoms with E-state index in [1.807, 2.05) is 30.3 Å². The smallest absolute Gasteiger partial charge is 0.360 e. The van der Waals surface area contributed by atoms with Crippen LogP contribution in [0.1, 0.15) is 10.5 Å². The van der Waals surface area contributed by atoms with Crippen LogP contribution in [0.5, 0.6) is 0 Å². The minimum absolute atomic E-state index is 0.203. The van der Waals surface area contributed by atoms with E-state index in [4.69, 9.17) is 4.74 Å². The van der Waals surface area contributed by atoms with Gasteiger partial charge in [-0.2, -0.15) is 4.52 Å². The van der Waals surface area contributed by atoms with E-state index in [1.54, 1.807) is 7.05 Å². The topological polar surface area (TPSA) is 74.3 Å². The standard InChI is InChI=1S/C12H11N5O2/c1-16-11-9(12(18)19-2)13-10(17(11)15-14-16)8-6-4-3-5-7-8/h3-7H,1-2H3. The minimum atomic E-state index is -0.509. The van der Waals surface area contributed by atoms with Gasteiger partial charge in [0.15, 0.2) is 17.2 Å². The first-order valence-electron chi connectivity index (χ1n) is 5.64. The number of rotatable bonds is 2. The van der Waals surface area contributed by atoms with E-state index < -0.39 is 5.97 Å². The number of aryl methyl sites for hydroxylation is 1.